The van der Waals surface area contributed by atoms with Crippen LogP contribution in [0.25, 0.3) is 22.1 Å². The number of hydrogen-bond acceptors (Lipinski definition) is 5. The molecule has 4 aromatic rings. The molecule has 0 aliphatic rings. The molecule has 0 aliphatic heterocycles. The van der Waals surface area contributed by atoms with Crippen molar-refractivity contribution in [2.75, 3.05) is 21.2 Å². The van der Waals surface area contributed by atoms with Gasteiger partial charge in [0.15, 0.2) is 5.76 Å². The van der Waals surface area contributed by atoms with Crippen molar-refractivity contribution in [3.8, 4) is 16.9 Å². The van der Waals surface area contributed by atoms with E-state index in [-0.39, 0.29) is 18.1 Å². The summed E-state index contributed by atoms with van der Waals surface area (Å²) in [5, 5.41) is 12.9. The summed E-state index contributed by atoms with van der Waals surface area (Å²) in [5.41, 5.74) is 3.58. The maximum absolute atomic E-state index is 12.7. The molecule has 2 N–H and O–H groups in total. The number of benzene rings is 3. The monoisotopic (exact) mass is 486 g/mol. The average Bonchev–Trinajstić information content (AvgIpc) is 3.31. The average molecular weight is 487 g/mol. The van der Waals surface area contributed by atoms with Crippen molar-refractivity contribution in [3.63, 3.8) is 0 Å². The van der Waals surface area contributed by atoms with Gasteiger partial charge >= 0.3 is 5.97 Å². The van der Waals surface area contributed by atoms with Gasteiger partial charge in [0.1, 0.15) is 17.4 Å². The molecule has 36 heavy (non-hydrogen) atoms. The number of furan rings is 1. The first-order valence-electron chi connectivity index (χ1n) is 11.3. The second kappa shape index (κ2) is 10.4. The summed E-state index contributed by atoms with van der Waals surface area (Å²) in [7, 11) is 4.95. The first-order chi connectivity index (χ1) is 17.2. The summed E-state index contributed by atoms with van der Waals surface area (Å²) >= 11 is 0. The molecular weight excluding hydrogens is 460 g/mol. The second-order valence-electron chi connectivity index (χ2n) is 8.56. The highest BCUT2D eigenvalue weighted by atomic mass is 16.5. The van der Waals surface area contributed by atoms with E-state index in [1.807, 2.05) is 42.5 Å². The van der Waals surface area contributed by atoms with Crippen molar-refractivity contribution in [1.29, 1.82) is 0 Å². The fourth-order valence-electron chi connectivity index (χ4n) is 3.85. The van der Waals surface area contributed by atoms with E-state index in [2.05, 4.69) is 5.32 Å². The summed E-state index contributed by atoms with van der Waals surface area (Å²) in [6.45, 7) is 0. The van der Waals surface area contributed by atoms with E-state index >= 15 is 0 Å². The Bertz CT molecular complexity index is 1420. The Morgan fingerprint density at radius 3 is 2.39 bits per heavy atom. The molecule has 1 atom stereocenters. The normalized spacial score (nSPS) is 11.6. The van der Waals surface area contributed by atoms with Gasteiger partial charge in [0.2, 0.25) is 0 Å². The first kappa shape index (κ1) is 24.5. The third-order valence-corrected chi connectivity index (χ3v) is 5.79. The third-order valence-electron chi connectivity index (χ3n) is 5.79. The SMILES string of the molecule is COc1ccc2oc(C(=O)NC(Cc3ccc(-c4cccc(C(=O)N(C)C)c4)cc3)C(=O)O)cc2c1. The molecule has 184 valence electrons. The molecule has 0 spiro atoms. The van der Waals surface area contributed by atoms with Crippen LogP contribution in [0, 0.1) is 0 Å². The van der Waals surface area contributed by atoms with Crippen LogP contribution < -0.4 is 10.1 Å². The summed E-state index contributed by atoms with van der Waals surface area (Å²) < 4.78 is 10.8. The van der Waals surface area contributed by atoms with Crippen LogP contribution in [0.5, 0.6) is 5.75 Å². The molecule has 1 heterocycles. The molecule has 8 nitrogen and oxygen atoms in total. The van der Waals surface area contributed by atoms with Crippen LogP contribution in [0.1, 0.15) is 26.5 Å². The van der Waals surface area contributed by atoms with Gasteiger partial charge in [-0.15, -0.1) is 0 Å². The maximum Gasteiger partial charge on any atom is 0.326 e. The highest BCUT2D eigenvalue weighted by Crippen LogP contribution is 2.25. The molecule has 1 aromatic heterocycles. The minimum absolute atomic E-state index is 0.0204. The zero-order valence-electron chi connectivity index (χ0n) is 20.1. The minimum Gasteiger partial charge on any atom is -0.497 e. The fraction of sp³-hybridized carbons (Fsp3) is 0.179. The highest BCUT2D eigenvalue weighted by Gasteiger charge is 2.23. The lowest BCUT2D eigenvalue weighted by atomic mass is 9.99. The molecule has 2 amide bonds. The van der Waals surface area contributed by atoms with E-state index in [0.29, 0.717) is 22.3 Å². The number of carboxylic acids is 1. The lowest BCUT2D eigenvalue weighted by molar-refractivity contribution is -0.139. The largest absolute Gasteiger partial charge is 0.497 e. The molecular formula is C28H26N2O6. The number of fused-ring (bicyclic) bond motifs is 1. The van der Waals surface area contributed by atoms with Gasteiger partial charge in [-0.1, -0.05) is 36.4 Å². The van der Waals surface area contributed by atoms with Crippen LogP contribution in [-0.2, 0) is 11.2 Å². The number of hydrogen-bond donors (Lipinski definition) is 2. The van der Waals surface area contributed by atoms with Gasteiger partial charge in [0.25, 0.3) is 11.8 Å². The quantitative estimate of drug-likeness (QED) is 0.386. The Morgan fingerprint density at radius 1 is 0.972 bits per heavy atom. The van der Waals surface area contributed by atoms with E-state index in [1.165, 1.54) is 4.90 Å². The molecule has 0 radical (unpaired) electrons. The number of carbonyl (C=O) groups is 3. The predicted molar refractivity (Wildman–Crippen MR) is 135 cm³/mol. The Hall–Kier alpha value is -4.59. The molecule has 0 bridgehead atoms. The summed E-state index contributed by atoms with van der Waals surface area (Å²) in [6.07, 6.45) is 0.0918. The van der Waals surface area contributed by atoms with Crippen LogP contribution in [-0.4, -0.2) is 55.0 Å². The number of carboxylic acid groups (broad SMARTS) is 1. The molecule has 0 saturated heterocycles. The van der Waals surface area contributed by atoms with Gasteiger partial charge < -0.3 is 24.5 Å². The van der Waals surface area contributed by atoms with E-state index in [9.17, 15) is 19.5 Å². The molecule has 4 rings (SSSR count). The molecule has 8 heteroatoms. The number of methoxy groups -OCH3 is 1. The van der Waals surface area contributed by atoms with Crippen molar-refractivity contribution < 1.29 is 28.6 Å². The van der Waals surface area contributed by atoms with E-state index in [1.54, 1.807) is 51.5 Å². The zero-order valence-corrected chi connectivity index (χ0v) is 20.1. The Kier molecular flexibility index (Phi) is 7.05. The Labute approximate surface area is 208 Å². The van der Waals surface area contributed by atoms with Crippen molar-refractivity contribution in [1.82, 2.24) is 10.2 Å². The van der Waals surface area contributed by atoms with E-state index in [0.717, 1.165) is 16.7 Å². The predicted octanol–water partition coefficient (Wildman–Crippen LogP) is 4.24. The smallest absolute Gasteiger partial charge is 0.326 e. The van der Waals surface area contributed by atoms with Crippen LogP contribution in [0.4, 0.5) is 0 Å². The number of ether oxygens (including phenoxy) is 1. The number of nitrogens with one attached hydrogen (secondary N) is 1. The summed E-state index contributed by atoms with van der Waals surface area (Å²) in [5.74, 6) is -1.21. The molecule has 1 unspecified atom stereocenters. The van der Waals surface area contributed by atoms with Gasteiger partial charge in [-0.25, -0.2) is 4.79 Å². The van der Waals surface area contributed by atoms with Crippen molar-refractivity contribution in [2.45, 2.75) is 12.5 Å². The zero-order chi connectivity index (χ0) is 25.8. The van der Waals surface area contributed by atoms with Crippen LogP contribution >= 0.6 is 0 Å². The van der Waals surface area contributed by atoms with Crippen molar-refractivity contribution in [3.05, 3.63) is 89.7 Å². The van der Waals surface area contributed by atoms with Crippen LogP contribution in [0.15, 0.2) is 77.2 Å². The van der Waals surface area contributed by atoms with Gasteiger partial charge in [0.05, 0.1) is 7.11 Å². The number of aliphatic carboxylic acids is 1. The van der Waals surface area contributed by atoms with Crippen LogP contribution in [0.3, 0.4) is 0 Å². The lowest BCUT2D eigenvalue weighted by Crippen LogP contribution is -2.42. The van der Waals surface area contributed by atoms with E-state index in [4.69, 9.17) is 9.15 Å². The lowest BCUT2D eigenvalue weighted by Gasteiger charge is -2.14. The van der Waals surface area contributed by atoms with Gasteiger partial charge in [-0.3, -0.25) is 9.59 Å². The highest BCUT2D eigenvalue weighted by molar-refractivity contribution is 5.98. The van der Waals surface area contributed by atoms with Crippen molar-refractivity contribution >= 4 is 28.8 Å². The summed E-state index contributed by atoms with van der Waals surface area (Å²) in [4.78, 5) is 38.4. The number of carbonyl (C=O) groups excluding carboxylic acids is 2. The van der Waals surface area contributed by atoms with Crippen molar-refractivity contribution in [2.24, 2.45) is 0 Å². The molecule has 0 saturated carbocycles. The topological polar surface area (TPSA) is 109 Å². The van der Waals surface area contributed by atoms with Gasteiger partial charge in [0, 0.05) is 31.5 Å². The fourth-order valence-corrected chi connectivity index (χ4v) is 3.85. The standard InChI is InChI=1S/C28H26N2O6/c1-30(2)27(32)20-6-4-5-19(14-20)18-9-7-17(8-10-18)13-23(28(33)34)29-26(31)25-16-21-15-22(35-3)11-12-24(21)36-25/h4-12,14-16,23H,13H2,1-3H3,(H,29,31)(H,33,34). The van der Waals surface area contributed by atoms with Gasteiger partial charge in [-0.2, -0.15) is 0 Å². The van der Waals surface area contributed by atoms with E-state index < -0.39 is 17.9 Å². The minimum atomic E-state index is -1.15. The number of amides is 2. The number of rotatable bonds is 8. The Balaban J connectivity index is 1.47. The maximum atomic E-state index is 12.7. The first-order valence-corrected chi connectivity index (χ1v) is 11.3. The summed E-state index contributed by atoms with van der Waals surface area (Å²) in [6, 6.07) is 20.2. The third kappa shape index (κ3) is 5.38. The molecule has 0 aliphatic carbocycles. The Morgan fingerprint density at radius 2 is 1.72 bits per heavy atom. The molecule has 3 aromatic carbocycles. The number of nitrogens with zero attached hydrogens (tertiary/aromatic N) is 1. The second-order valence-corrected chi connectivity index (χ2v) is 8.56. The van der Waals surface area contributed by atoms with Gasteiger partial charge in [-0.05, 0) is 53.1 Å². The molecule has 0 fully saturated rings. The van der Waals surface area contributed by atoms with Crippen LogP contribution in [0.2, 0.25) is 0 Å².